The lowest BCUT2D eigenvalue weighted by atomic mass is 10.00. The molecule has 0 bridgehead atoms. The summed E-state index contributed by atoms with van der Waals surface area (Å²) >= 11 is 0. The molecule has 1 atom stereocenters. The Bertz CT molecular complexity index is 871. The van der Waals surface area contributed by atoms with Crippen LogP contribution < -0.4 is 10.6 Å². The van der Waals surface area contributed by atoms with Gasteiger partial charge in [0.1, 0.15) is 5.82 Å². The molecule has 168 valence electrons. The summed E-state index contributed by atoms with van der Waals surface area (Å²) in [7, 11) is 0. The Morgan fingerprint density at radius 2 is 1.68 bits per heavy atom. The maximum Gasteiger partial charge on any atom is 0.191 e. The molecule has 31 heavy (non-hydrogen) atoms. The summed E-state index contributed by atoms with van der Waals surface area (Å²) < 4.78 is 13.1. The van der Waals surface area contributed by atoms with E-state index in [2.05, 4.69) is 39.1 Å². The molecule has 0 saturated carbocycles. The number of piperazine rings is 1. The average Bonchev–Trinajstić information content (AvgIpc) is 2.78. The lowest BCUT2D eigenvalue weighted by Gasteiger charge is -2.36. The van der Waals surface area contributed by atoms with Crippen molar-refractivity contribution in [3.8, 4) is 0 Å². The van der Waals surface area contributed by atoms with Crippen molar-refractivity contribution in [2.75, 3.05) is 50.7 Å². The molecule has 0 amide bonds. The highest BCUT2D eigenvalue weighted by Gasteiger charge is 2.20. The van der Waals surface area contributed by atoms with Crippen LogP contribution >= 0.6 is 24.0 Å². The second-order valence-corrected chi connectivity index (χ2v) is 8.06. The van der Waals surface area contributed by atoms with Crippen molar-refractivity contribution < 1.29 is 9.50 Å². The zero-order valence-electron chi connectivity index (χ0n) is 17.7. The Kier molecular flexibility index (Phi) is 8.50. The van der Waals surface area contributed by atoms with Gasteiger partial charge in [-0.15, -0.1) is 24.0 Å². The quantitative estimate of drug-likeness (QED) is 0.347. The molecule has 6 nitrogen and oxygen atoms in total. The monoisotopic (exact) mass is 539 g/mol. The van der Waals surface area contributed by atoms with Gasteiger partial charge < -0.3 is 20.6 Å². The van der Waals surface area contributed by atoms with Gasteiger partial charge in [0, 0.05) is 51.5 Å². The largest absolute Gasteiger partial charge is 0.390 e. The maximum absolute atomic E-state index is 13.1. The highest BCUT2D eigenvalue weighted by molar-refractivity contribution is 14.0. The van der Waals surface area contributed by atoms with Gasteiger partial charge in [0.15, 0.2) is 5.96 Å². The molecule has 1 fully saturated rings. The SMILES string of the molecule is I.NC(=NCC(O)CN1CCc2ccccc2C1)N1CCN(c2ccc(F)cc2)CC1. The summed E-state index contributed by atoms with van der Waals surface area (Å²) in [6.45, 7) is 5.86. The first-order chi connectivity index (χ1) is 14.6. The summed E-state index contributed by atoms with van der Waals surface area (Å²) in [5, 5.41) is 10.4. The fourth-order valence-electron chi connectivity index (χ4n) is 4.21. The van der Waals surface area contributed by atoms with E-state index in [1.807, 2.05) is 4.90 Å². The minimum atomic E-state index is -0.533. The van der Waals surface area contributed by atoms with Crippen molar-refractivity contribution in [3.05, 3.63) is 65.5 Å². The van der Waals surface area contributed by atoms with E-state index < -0.39 is 6.10 Å². The molecule has 0 aliphatic carbocycles. The van der Waals surface area contributed by atoms with Crippen LogP contribution in [0.4, 0.5) is 10.1 Å². The zero-order chi connectivity index (χ0) is 20.9. The van der Waals surface area contributed by atoms with Crippen LogP contribution in [0.1, 0.15) is 11.1 Å². The number of fused-ring (bicyclic) bond motifs is 1. The number of nitrogens with zero attached hydrogens (tertiary/aromatic N) is 4. The van der Waals surface area contributed by atoms with Gasteiger partial charge in [0.25, 0.3) is 0 Å². The molecule has 2 aromatic rings. The Morgan fingerprint density at radius 3 is 2.39 bits per heavy atom. The van der Waals surface area contributed by atoms with Gasteiger partial charge in [-0.1, -0.05) is 24.3 Å². The van der Waals surface area contributed by atoms with Crippen molar-refractivity contribution in [1.82, 2.24) is 9.80 Å². The molecule has 8 heteroatoms. The van der Waals surface area contributed by atoms with E-state index in [1.54, 1.807) is 12.1 Å². The average molecular weight is 539 g/mol. The van der Waals surface area contributed by atoms with Gasteiger partial charge in [-0.05, 0) is 41.8 Å². The molecule has 0 spiro atoms. The number of guanidine groups is 1. The van der Waals surface area contributed by atoms with Gasteiger partial charge >= 0.3 is 0 Å². The standard InChI is InChI=1S/C23H30FN5O.HI/c24-20-5-7-21(8-6-20)28-11-13-29(14-12-28)23(25)26-15-22(30)17-27-10-9-18-3-1-2-4-19(18)16-27;/h1-8,22,30H,9-17H2,(H2,25,26);1H. The topological polar surface area (TPSA) is 68.3 Å². The van der Waals surface area contributed by atoms with E-state index in [9.17, 15) is 9.50 Å². The molecule has 1 saturated heterocycles. The minimum Gasteiger partial charge on any atom is -0.390 e. The van der Waals surface area contributed by atoms with E-state index in [-0.39, 0.29) is 29.8 Å². The van der Waals surface area contributed by atoms with E-state index in [0.29, 0.717) is 19.0 Å². The molecule has 0 aromatic heterocycles. The molecule has 2 heterocycles. The summed E-state index contributed by atoms with van der Waals surface area (Å²) in [5.41, 5.74) is 9.95. The number of aliphatic hydroxyl groups is 1. The lowest BCUT2D eigenvalue weighted by molar-refractivity contribution is 0.111. The van der Waals surface area contributed by atoms with Gasteiger partial charge in [-0.2, -0.15) is 0 Å². The van der Waals surface area contributed by atoms with Crippen molar-refractivity contribution in [2.45, 2.75) is 19.1 Å². The van der Waals surface area contributed by atoms with Crippen LogP contribution in [0.3, 0.4) is 0 Å². The van der Waals surface area contributed by atoms with Crippen LogP contribution in [-0.4, -0.2) is 72.8 Å². The molecule has 2 aliphatic heterocycles. The molecule has 0 radical (unpaired) electrons. The first-order valence-electron chi connectivity index (χ1n) is 10.6. The molecular weight excluding hydrogens is 508 g/mol. The van der Waals surface area contributed by atoms with Gasteiger partial charge in [-0.3, -0.25) is 9.89 Å². The summed E-state index contributed by atoms with van der Waals surface area (Å²) in [6.07, 6.45) is 0.487. The molecule has 2 aromatic carbocycles. The fraction of sp³-hybridized carbons (Fsp3) is 0.435. The van der Waals surface area contributed by atoms with Crippen molar-refractivity contribution in [1.29, 1.82) is 0 Å². The maximum atomic E-state index is 13.1. The normalized spacial score (nSPS) is 18.3. The van der Waals surface area contributed by atoms with Crippen LogP contribution in [-0.2, 0) is 13.0 Å². The van der Waals surface area contributed by atoms with E-state index in [4.69, 9.17) is 5.73 Å². The molecule has 2 aliphatic rings. The number of halogens is 2. The number of hydrogen-bond acceptors (Lipinski definition) is 4. The minimum absolute atomic E-state index is 0. The Balaban J connectivity index is 0.00000272. The molecule has 3 N–H and O–H groups in total. The summed E-state index contributed by atoms with van der Waals surface area (Å²) in [5.74, 6) is 0.262. The Morgan fingerprint density at radius 1 is 1.00 bits per heavy atom. The van der Waals surface area contributed by atoms with Gasteiger partial charge in [0.05, 0.1) is 12.6 Å². The third kappa shape index (κ3) is 6.30. The summed E-state index contributed by atoms with van der Waals surface area (Å²) in [4.78, 5) is 11.0. The van der Waals surface area contributed by atoms with Crippen molar-refractivity contribution in [2.24, 2.45) is 10.7 Å². The third-order valence-corrected chi connectivity index (χ3v) is 5.94. The number of β-amino-alcohol motifs (C(OH)–C–C–N with tert-alkyl or cyclic N) is 1. The number of benzene rings is 2. The van der Waals surface area contributed by atoms with Crippen LogP contribution in [0.25, 0.3) is 0 Å². The Labute approximate surface area is 200 Å². The number of anilines is 1. The smallest absolute Gasteiger partial charge is 0.191 e. The van der Waals surface area contributed by atoms with E-state index in [0.717, 1.165) is 51.4 Å². The van der Waals surface area contributed by atoms with Crippen LogP contribution in [0.15, 0.2) is 53.5 Å². The third-order valence-electron chi connectivity index (χ3n) is 5.94. The van der Waals surface area contributed by atoms with Crippen LogP contribution in [0, 0.1) is 5.82 Å². The van der Waals surface area contributed by atoms with E-state index in [1.165, 1.54) is 23.3 Å². The fourth-order valence-corrected chi connectivity index (χ4v) is 4.21. The predicted octanol–water partition coefficient (Wildman–Crippen LogP) is 2.30. The highest BCUT2D eigenvalue weighted by atomic mass is 127. The number of hydrogen-bond donors (Lipinski definition) is 2. The lowest BCUT2D eigenvalue weighted by Crippen LogP contribution is -2.51. The number of aliphatic imine (C=N–C) groups is 1. The number of aliphatic hydroxyl groups excluding tert-OH is 1. The van der Waals surface area contributed by atoms with Crippen LogP contribution in [0.5, 0.6) is 0 Å². The second-order valence-electron chi connectivity index (χ2n) is 8.06. The number of nitrogens with two attached hydrogens (primary N) is 1. The first-order valence-corrected chi connectivity index (χ1v) is 10.6. The zero-order valence-corrected chi connectivity index (χ0v) is 20.0. The van der Waals surface area contributed by atoms with Crippen molar-refractivity contribution in [3.63, 3.8) is 0 Å². The predicted molar refractivity (Wildman–Crippen MR) is 134 cm³/mol. The molecule has 4 rings (SSSR count). The Hall–Kier alpha value is -1.91. The van der Waals surface area contributed by atoms with E-state index >= 15 is 0 Å². The first kappa shape index (κ1) is 23.7. The van der Waals surface area contributed by atoms with Crippen LogP contribution in [0.2, 0.25) is 0 Å². The summed E-state index contributed by atoms with van der Waals surface area (Å²) in [6, 6.07) is 15.1. The second kappa shape index (κ2) is 11.1. The van der Waals surface area contributed by atoms with Crippen molar-refractivity contribution >= 4 is 35.6 Å². The van der Waals surface area contributed by atoms with Gasteiger partial charge in [0.2, 0.25) is 0 Å². The molecular formula is C23H31FIN5O. The highest BCUT2D eigenvalue weighted by Crippen LogP contribution is 2.19. The number of rotatable bonds is 5. The van der Waals surface area contributed by atoms with Gasteiger partial charge in [-0.25, -0.2) is 4.39 Å². The molecule has 1 unspecified atom stereocenters.